The van der Waals surface area contributed by atoms with Gasteiger partial charge in [0, 0.05) is 44.4 Å². The fraction of sp³-hybridized carbons (Fsp3) is 0.0938. The highest BCUT2D eigenvalue weighted by atomic mass is 19.1. The second-order valence-corrected chi connectivity index (χ2v) is 19.5. The molecule has 0 spiro atoms. The van der Waals surface area contributed by atoms with E-state index in [2.05, 4.69) is 225 Å². The number of anilines is 3. The fourth-order valence-electron chi connectivity index (χ4n) is 11.6. The van der Waals surface area contributed by atoms with E-state index in [1.165, 1.54) is 100 Å². The van der Waals surface area contributed by atoms with Gasteiger partial charge in [0.1, 0.15) is 5.82 Å². The van der Waals surface area contributed by atoms with Crippen LogP contribution in [0.3, 0.4) is 0 Å². The van der Waals surface area contributed by atoms with Gasteiger partial charge in [0.15, 0.2) is 0 Å². The third-order valence-electron chi connectivity index (χ3n) is 15.1. The van der Waals surface area contributed by atoms with Gasteiger partial charge in [-0.25, -0.2) is 4.39 Å². The Morgan fingerprint density at radius 2 is 0.866 bits per heavy atom. The van der Waals surface area contributed by atoms with Gasteiger partial charge in [0.2, 0.25) is 0 Å². The Labute approximate surface area is 390 Å². The van der Waals surface area contributed by atoms with Crippen molar-refractivity contribution in [2.75, 3.05) is 4.90 Å². The molecule has 0 atom stereocenters. The summed E-state index contributed by atoms with van der Waals surface area (Å²) in [6, 6.07) is 76.5. The third kappa shape index (κ3) is 5.94. The van der Waals surface area contributed by atoms with E-state index >= 15 is 0 Å². The molecule has 10 aromatic carbocycles. The number of hydrogen-bond donors (Lipinski definition) is 0. The topological polar surface area (TPSA) is 8.17 Å². The molecule has 1 heterocycles. The molecule has 2 aliphatic rings. The Morgan fingerprint density at radius 1 is 0.358 bits per heavy atom. The van der Waals surface area contributed by atoms with Gasteiger partial charge in [-0.05, 0) is 162 Å². The van der Waals surface area contributed by atoms with E-state index in [9.17, 15) is 4.39 Å². The van der Waals surface area contributed by atoms with E-state index in [1.54, 1.807) is 0 Å². The zero-order valence-electron chi connectivity index (χ0n) is 38.0. The number of hydrogen-bond acceptors (Lipinski definition) is 1. The van der Waals surface area contributed by atoms with Gasteiger partial charge in [-0.1, -0.05) is 155 Å². The minimum Gasteiger partial charge on any atom is -0.310 e. The van der Waals surface area contributed by atoms with Crippen LogP contribution in [0.1, 0.15) is 49.9 Å². The van der Waals surface area contributed by atoms with Crippen LogP contribution in [0.15, 0.2) is 212 Å². The predicted octanol–water partition coefficient (Wildman–Crippen LogP) is 17.5. The number of aromatic nitrogens is 1. The molecule has 0 aliphatic heterocycles. The molecule has 0 fully saturated rings. The maximum atomic E-state index is 14.0. The number of rotatable bonds is 6. The molecule has 0 bridgehead atoms. The molecular formula is C64H47FN2. The second kappa shape index (κ2) is 14.5. The van der Waals surface area contributed by atoms with Gasteiger partial charge in [0.25, 0.3) is 0 Å². The van der Waals surface area contributed by atoms with Gasteiger partial charge < -0.3 is 9.47 Å². The van der Waals surface area contributed by atoms with Crippen LogP contribution in [0.2, 0.25) is 0 Å². The standard InChI is InChI=1S/C64H47FN2/c1-63(2)57-18-9-7-15-51(57)53-33-30-47(38-59(53)63)66(45-26-20-41(21-27-45)50-17-11-13-40-12-5-6-14-49(40)50)48-31-34-54-52-32-22-43(37-58(52)64(3,4)60(54)39-48)42-23-35-62-56(36-42)55-16-8-10-19-61(55)67(62)46-28-24-44(65)25-29-46/h5-39H,1-4H3. The maximum Gasteiger partial charge on any atom is 0.123 e. The van der Waals surface area contributed by atoms with E-state index in [-0.39, 0.29) is 16.6 Å². The quantitative estimate of drug-likeness (QED) is 0.162. The van der Waals surface area contributed by atoms with Gasteiger partial charge in [-0.15, -0.1) is 0 Å². The minimum absolute atomic E-state index is 0.130. The molecule has 0 radical (unpaired) electrons. The average molecular weight is 863 g/mol. The Bertz CT molecular complexity index is 3810. The van der Waals surface area contributed by atoms with Crippen molar-refractivity contribution in [3.8, 4) is 50.2 Å². The monoisotopic (exact) mass is 862 g/mol. The molecule has 0 N–H and O–H groups in total. The predicted molar refractivity (Wildman–Crippen MR) is 279 cm³/mol. The lowest BCUT2D eigenvalue weighted by molar-refractivity contribution is 0.627. The third-order valence-corrected chi connectivity index (χ3v) is 15.1. The average Bonchev–Trinajstić information content (AvgIpc) is 3.90. The molecule has 67 heavy (non-hydrogen) atoms. The van der Waals surface area contributed by atoms with Crippen molar-refractivity contribution in [2.45, 2.75) is 38.5 Å². The van der Waals surface area contributed by atoms with Crippen molar-refractivity contribution >= 4 is 49.6 Å². The minimum atomic E-state index is -0.259. The first-order valence-electron chi connectivity index (χ1n) is 23.4. The van der Waals surface area contributed by atoms with Crippen LogP contribution in [-0.2, 0) is 10.8 Å². The zero-order valence-corrected chi connectivity index (χ0v) is 38.0. The summed E-state index contributed by atoms with van der Waals surface area (Å²) in [6.45, 7) is 9.48. The molecule has 1 aromatic heterocycles. The second-order valence-electron chi connectivity index (χ2n) is 19.5. The maximum absolute atomic E-state index is 14.0. The van der Waals surface area contributed by atoms with E-state index in [0.717, 1.165) is 33.8 Å². The number of para-hydroxylation sites is 1. The van der Waals surface area contributed by atoms with E-state index in [1.807, 2.05) is 12.1 Å². The first-order chi connectivity index (χ1) is 32.6. The van der Waals surface area contributed by atoms with Crippen molar-refractivity contribution < 1.29 is 4.39 Å². The molecule has 320 valence electrons. The highest BCUT2D eigenvalue weighted by Gasteiger charge is 2.38. The SMILES string of the molecule is CC1(C)c2ccccc2-c2ccc(N(c3ccc(-c4cccc5ccccc45)cc3)c3ccc4c(c3)C(C)(C)c3cc(-c5ccc6c(c5)c5ccccc5n6-c5ccc(F)cc5)ccc3-4)cc21. The van der Waals surface area contributed by atoms with Gasteiger partial charge in [-0.3, -0.25) is 0 Å². The summed E-state index contributed by atoms with van der Waals surface area (Å²) in [5, 5.41) is 4.85. The van der Waals surface area contributed by atoms with Gasteiger partial charge >= 0.3 is 0 Å². The van der Waals surface area contributed by atoms with Crippen LogP contribution in [0, 0.1) is 5.82 Å². The normalized spacial score (nSPS) is 14.0. The van der Waals surface area contributed by atoms with E-state index in [4.69, 9.17) is 0 Å². The van der Waals surface area contributed by atoms with Gasteiger partial charge in [-0.2, -0.15) is 0 Å². The summed E-state index contributed by atoms with van der Waals surface area (Å²) in [5.41, 5.74) is 21.5. The fourth-order valence-corrected chi connectivity index (χ4v) is 11.6. The highest BCUT2D eigenvalue weighted by Crippen LogP contribution is 2.54. The largest absolute Gasteiger partial charge is 0.310 e. The molecular weight excluding hydrogens is 816 g/mol. The van der Waals surface area contributed by atoms with Gasteiger partial charge in [0.05, 0.1) is 11.0 Å². The van der Waals surface area contributed by atoms with Crippen LogP contribution in [-0.4, -0.2) is 4.57 Å². The van der Waals surface area contributed by atoms with Crippen molar-refractivity contribution in [1.29, 1.82) is 0 Å². The highest BCUT2D eigenvalue weighted by molar-refractivity contribution is 6.10. The molecule has 0 unspecified atom stereocenters. The molecule has 13 rings (SSSR count). The smallest absolute Gasteiger partial charge is 0.123 e. The molecule has 11 aromatic rings. The van der Waals surface area contributed by atoms with Crippen LogP contribution in [0.5, 0.6) is 0 Å². The van der Waals surface area contributed by atoms with Crippen molar-refractivity contribution in [3.63, 3.8) is 0 Å². The van der Waals surface area contributed by atoms with Crippen molar-refractivity contribution in [3.05, 3.63) is 240 Å². The summed E-state index contributed by atoms with van der Waals surface area (Å²) < 4.78 is 16.3. The Hall–Kier alpha value is -8.01. The molecule has 0 amide bonds. The summed E-state index contributed by atoms with van der Waals surface area (Å²) in [5.74, 6) is -0.236. The first-order valence-corrected chi connectivity index (χ1v) is 23.4. The Morgan fingerprint density at radius 3 is 1.61 bits per heavy atom. The summed E-state index contributed by atoms with van der Waals surface area (Å²) >= 11 is 0. The molecule has 0 saturated heterocycles. The van der Waals surface area contributed by atoms with Crippen LogP contribution < -0.4 is 4.90 Å². The zero-order chi connectivity index (χ0) is 45.2. The number of benzene rings is 10. The van der Waals surface area contributed by atoms with E-state index < -0.39 is 0 Å². The summed E-state index contributed by atoms with van der Waals surface area (Å²) in [6.07, 6.45) is 0. The van der Waals surface area contributed by atoms with Crippen molar-refractivity contribution in [2.24, 2.45) is 0 Å². The Kier molecular flexibility index (Phi) is 8.52. The summed E-state index contributed by atoms with van der Waals surface area (Å²) in [7, 11) is 0. The van der Waals surface area contributed by atoms with Crippen molar-refractivity contribution in [1.82, 2.24) is 4.57 Å². The molecule has 2 aliphatic carbocycles. The van der Waals surface area contributed by atoms with Crippen LogP contribution >= 0.6 is 0 Å². The lowest BCUT2D eigenvalue weighted by Crippen LogP contribution is -2.18. The summed E-state index contributed by atoms with van der Waals surface area (Å²) in [4.78, 5) is 2.45. The number of fused-ring (bicyclic) bond motifs is 10. The molecule has 0 saturated carbocycles. The van der Waals surface area contributed by atoms with Crippen LogP contribution in [0.4, 0.5) is 21.5 Å². The van der Waals surface area contributed by atoms with Crippen LogP contribution in [0.25, 0.3) is 82.8 Å². The molecule has 3 heteroatoms. The van der Waals surface area contributed by atoms with E-state index in [0.29, 0.717) is 0 Å². The first kappa shape index (κ1) is 39.4. The number of halogens is 1. The molecule has 2 nitrogen and oxygen atoms in total. The number of nitrogens with zero attached hydrogens (tertiary/aromatic N) is 2. The Balaban J connectivity index is 0.911. The lowest BCUT2D eigenvalue weighted by atomic mass is 9.81. The lowest BCUT2D eigenvalue weighted by Gasteiger charge is -2.30.